The summed E-state index contributed by atoms with van der Waals surface area (Å²) >= 11 is 0. The maximum atomic E-state index is 4.38. The molecule has 2 rings (SSSR count). The Morgan fingerprint density at radius 3 is 2.95 bits per heavy atom. The predicted molar refractivity (Wildman–Crippen MR) is 80.1 cm³/mol. The van der Waals surface area contributed by atoms with Crippen molar-refractivity contribution in [1.29, 1.82) is 0 Å². The first-order valence-corrected chi connectivity index (χ1v) is 7.84. The van der Waals surface area contributed by atoms with Crippen LogP contribution >= 0.6 is 0 Å². The van der Waals surface area contributed by atoms with Gasteiger partial charge in [-0.2, -0.15) is 0 Å². The molecule has 108 valence electrons. The Bertz CT molecular complexity index is 370. The molecule has 2 atom stereocenters. The van der Waals surface area contributed by atoms with E-state index in [0.717, 1.165) is 30.8 Å². The molecule has 3 heteroatoms. The second-order valence-corrected chi connectivity index (χ2v) is 6.52. The lowest BCUT2D eigenvalue weighted by molar-refractivity contribution is 0.253. The molecular weight excluding hydrogens is 234 g/mol. The van der Waals surface area contributed by atoms with Crippen LogP contribution in [0, 0.1) is 11.8 Å². The third kappa shape index (κ3) is 4.64. The van der Waals surface area contributed by atoms with Crippen molar-refractivity contribution in [3.8, 4) is 0 Å². The van der Waals surface area contributed by atoms with E-state index in [1.54, 1.807) is 0 Å². The van der Waals surface area contributed by atoms with Crippen LogP contribution in [0.1, 0.15) is 51.8 Å². The van der Waals surface area contributed by atoms with E-state index in [-0.39, 0.29) is 0 Å². The van der Waals surface area contributed by atoms with Crippen LogP contribution in [0.5, 0.6) is 0 Å². The molecule has 3 nitrogen and oxygen atoms in total. The fourth-order valence-corrected chi connectivity index (χ4v) is 3.38. The molecule has 1 aliphatic carbocycles. The van der Waals surface area contributed by atoms with Crippen molar-refractivity contribution in [2.24, 2.45) is 18.9 Å². The van der Waals surface area contributed by atoms with Crippen molar-refractivity contribution in [3.63, 3.8) is 0 Å². The van der Waals surface area contributed by atoms with E-state index in [9.17, 15) is 0 Å². The second-order valence-electron chi connectivity index (χ2n) is 6.52. The van der Waals surface area contributed by atoms with E-state index >= 15 is 0 Å². The van der Waals surface area contributed by atoms with Crippen LogP contribution in [0.25, 0.3) is 0 Å². The van der Waals surface area contributed by atoms with E-state index in [1.165, 1.54) is 37.9 Å². The van der Waals surface area contributed by atoms with E-state index in [4.69, 9.17) is 0 Å². The Balaban J connectivity index is 1.69. The summed E-state index contributed by atoms with van der Waals surface area (Å²) in [6.45, 7) is 5.75. The Morgan fingerprint density at radius 2 is 2.26 bits per heavy atom. The first kappa shape index (κ1) is 14.6. The molecule has 1 aliphatic rings. The van der Waals surface area contributed by atoms with Gasteiger partial charge < -0.3 is 9.88 Å². The lowest BCUT2D eigenvalue weighted by Crippen LogP contribution is -2.36. The van der Waals surface area contributed by atoms with Crippen LogP contribution in [-0.2, 0) is 13.5 Å². The molecule has 19 heavy (non-hydrogen) atoms. The Hall–Kier alpha value is -0.830. The standard InChI is InChI=1S/C16H29N3/c1-13(2)11-14-5-4-6-15(12-14)17-8-7-16-18-9-10-19(16)3/h9-10,13-15,17H,4-8,11-12H2,1-3H3. The first-order valence-electron chi connectivity index (χ1n) is 7.84. The fraction of sp³-hybridized carbons (Fsp3) is 0.812. The molecule has 0 spiro atoms. The predicted octanol–water partition coefficient (Wildman–Crippen LogP) is 3.16. The van der Waals surface area contributed by atoms with Gasteiger partial charge in [-0.05, 0) is 31.1 Å². The Kier molecular flexibility index (Phi) is 5.44. The minimum Gasteiger partial charge on any atom is -0.338 e. The highest BCUT2D eigenvalue weighted by molar-refractivity contribution is 4.92. The maximum absolute atomic E-state index is 4.38. The van der Waals surface area contributed by atoms with Crippen molar-refractivity contribution in [1.82, 2.24) is 14.9 Å². The molecule has 0 amide bonds. The number of nitrogens with zero attached hydrogens (tertiary/aromatic N) is 2. The smallest absolute Gasteiger partial charge is 0.109 e. The van der Waals surface area contributed by atoms with E-state index < -0.39 is 0 Å². The van der Waals surface area contributed by atoms with Gasteiger partial charge in [-0.1, -0.05) is 26.7 Å². The molecule has 0 aromatic carbocycles. The normalized spacial score (nSPS) is 24.0. The molecular formula is C16H29N3. The van der Waals surface area contributed by atoms with E-state index in [1.807, 2.05) is 12.4 Å². The molecule has 1 heterocycles. The maximum Gasteiger partial charge on any atom is 0.109 e. The second kappa shape index (κ2) is 7.09. The molecule has 2 unspecified atom stereocenters. The topological polar surface area (TPSA) is 29.9 Å². The van der Waals surface area contributed by atoms with Crippen LogP contribution < -0.4 is 5.32 Å². The summed E-state index contributed by atoms with van der Waals surface area (Å²) in [4.78, 5) is 4.38. The van der Waals surface area contributed by atoms with Crippen molar-refractivity contribution in [2.75, 3.05) is 6.54 Å². The summed E-state index contributed by atoms with van der Waals surface area (Å²) in [6, 6.07) is 0.734. The molecule has 0 bridgehead atoms. The number of aryl methyl sites for hydroxylation is 1. The van der Waals surface area contributed by atoms with Crippen molar-refractivity contribution < 1.29 is 0 Å². The number of imidazole rings is 1. The number of nitrogens with one attached hydrogen (secondary N) is 1. The molecule has 1 saturated carbocycles. The van der Waals surface area contributed by atoms with Crippen LogP contribution in [0.2, 0.25) is 0 Å². The van der Waals surface area contributed by atoms with Crippen LogP contribution in [0.15, 0.2) is 12.4 Å². The van der Waals surface area contributed by atoms with Gasteiger partial charge >= 0.3 is 0 Å². The summed E-state index contributed by atoms with van der Waals surface area (Å²) in [7, 11) is 2.07. The molecule has 1 aromatic rings. The van der Waals surface area contributed by atoms with Gasteiger partial charge in [0.1, 0.15) is 5.82 Å². The summed E-state index contributed by atoms with van der Waals surface area (Å²) in [5, 5.41) is 3.74. The van der Waals surface area contributed by atoms with E-state index in [2.05, 4.69) is 35.8 Å². The zero-order chi connectivity index (χ0) is 13.7. The van der Waals surface area contributed by atoms with Crippen molar-refractivity contribution in [3.05, 3.63) is 18.2 Å². The monoisotopic (exact) mass is 263 g/mol. The number of hydrogen-bond donors (Lipinski definition) is 1. The van der Waals surface area contributed by atoms with Crippen molar-refractivity contribution >= 4 is 0 Å². The Labute approximate surface area is 117 Å². The molecule has 0 aliphatic heterocycles. The van der Waals surface area contributed by atoms with E-state index in [0.29, 0.717) is 0 Å². The first-order chi connectivity index (χ1) is 9.15. The van der Waals surface area contributed by atoms with Crippen LogP contribution in [0.3, 0.4) is 0 Å². The third-order valence-corrected chi connectivity index (χ3v) is 4.29. The van der Waals surface area contributed by atoms with Gasteiger partial charge in [0.2, 0.25) is 0 Å². The van der Waals surface area contributed by atoms with Gasteiger partial charge in [-0.25, -0.2) is 4.98 Å². The summed E-state index contributed by atoms with van der Waals surface area (Å²) in [5.41, 5.74) is 0. The highest BCUT2D eigenvalue weighted by Crippen LogP contribution is 2.29. The minimum absolute atomic E-state index is 0.734. The molecule has 1 N–H and O–H groups in total. The summed E-state index contributed by atoms with van der Waals surface area (Å²) < 4.78 is 2.12. The molecule has 1 aromatic heterocycles. The van der Waals surface area contributed by atoms with Gasteiger partial charge in [0.25, 0.3) is 0 Å². The fourth-order valence-electron chi connectivity index (χ4n) is 3.38. The SMILES string of the molecule is CC(C)CC1CCCC(NCCc2nccn2C)C1. The largest absolute Gasteiger partial charge is 0.338 e. The molecule has 1 fully saturated rings. The van der Waals surface area contributed by atoms with Crippen molar-refractivity contribution in [2.45, 2.75) is 58.4 Å². The van der Waals surface area contributed by atoms with Crippen LogP contribution in [0.4, 0.5) is 0 Å². The molecule has 0 saturated heterocycles. The lowest BCUT2D eigenvalue weighted by atomic mass is 9.81. The van der Waals surface area contributed by atoms with Gasteiger partial charge in [-0.3, -0.25) is 0 Å². The highest BCUT2D eigenvalue weighted by atomic mass is 15.0. The number of hydrogen-bond acceptors (Lipinski definition) is 2. The number of aromatic nitrogens is 2. The Morgan fingerprint density at radius 1 is 1.42 bits per heavy atom. The average molecular weight is 263 g/mol. The number of rotatable bonds is 6. The average Bonchev–Trinajstić information content (AvgIpc) is 2.75. The lowest BCUT2D eigenvalue weighted by Gasteiger charge is -2.30. The van der Waals surface area contributed by atoms with Gasteiger partial charge in [0.15, 0.2) is 0 Å². The summed E-state index contributed by atoms with van der Waals surface area (Å²) in [6.07, 6.45) is 11.9. The molecule has 0 radical (unpaired) electrons. The zero-order valence-electron chi connectivity index (χ0n) is 12.7. The van der Waals surface area contributed by atoms with Gasteiger partial charge in [-0.15, -0.1) is 0 Å². The van der Waals surface area contributed by atoms with Gasteiger partial charge in [0.05, 0.1) is 0 Å². The van der Waals surface area contributed by atoms with Gasteiger partial charge in [0, 0.05) is 38.4 Å². The zero-order valence-corrected chi connectivity index (χ0v) is 12.7. The summed E-state index contributed by atoms with van der Waals surface area (Å²) in [5.74, 6) is 2.97. The van der Waals surface area contributed by atoms with Crippen LogP contribution in [-0.4, -0.2) is 22.1 Å². The highest BCUT2D eigenvalue weighted by Gasteiger charge is 2.22. The third-order valence-electron chi connectivity index (χ3n) is 4.29. The quantitative estimate of drug-likeness (QED) is 0.854. The minimum atomic E-state index is 0.734.